The van der Waals surface area contributed by atoms with Crippen molar-refractivity contribution < 1.29 is 47.8 Å². The number of hydrogen-bond donors (Lipinski definition) is 3. The van der Waals surface area contributed by atoms with Gasteiger partial charge < -0.3 is 24.6 Å². The molecule has 0 heterocycles. The van der Waals surface area contributed by atoms with Crippen molar-refractivity contribution in [1.29, 1.82) is 0 Å². The quantitative estimate of drug-likeness (QED) is 0.0936. The molecule has 0 fully saturated rings. The summed E-state index contributed by atoms with van der Waals surface area (Å²) in [4.78, 5) is 33.6. The Morgan fingerprint density at radius 1 is 0.657 bits per heavy atom. The van der Waals surface area contributed by atoms with E-state index < -0.39 is 58.4 Å². The maximum Gasteiger partial charge on any atom is 0.472 e. The number of aliphatic hydroxyl groups is 2. The van der Waals surface area contributed by atoms with Crippen LogP contribution >= 0.6 is 7.82 Å². The summed E-state index contributed by atoms with van der Waals surface area (Å²) in [6.45, 7) is 1.98. The lowest BCUT2D eigenvalue weighted by molar-refractivity contribution is -0.153. The highest BCUT2D eigenvalue weighted by molar-refractivity contribution is 7.47. The van der Waals surface area contributed by atoms with Gasteiger partial charge in [-0.2, -0.15) is 0 Å². The molecular formula is C24H47O10P. The summed E-state index contributed by atoms with van der Waals surface area (Å²) in [6, 6.07) is 0. The third-order valence-electron chi connectivity index (χ3n) is 5.32. The number of aliphatic hydroxyl groups excluding tert-OH is 2. The molecule has 10 nitrogen and oxygen atoms in total. The number of hydrogen-bond acceptors (Lipinski definition) is 9. The maximum absolute atomic E-state index is 12.1. The first-order valence-electron chi connectivity index (χ1n) is 13.0. The summed E-state index contributed by atoms with van der Waals surface area (Å²) in [5, 5.41) is 18.7. The third kappa shape index (κ3) is 20.8. The van der Waals surface area contributed by atoms with Crippen LogP contribution in [0.3, 0.4) is 0 Å². The number of phosphoric ester groups is 1. The van der Waals surface area contributed by atoms with Crippen LogP contribution < -0.4 is 0 Å². The predicted octanol–water partition coefficient (Wildman–Crippen LogP) is 4.43. The number of ether oxygens (including phenoxy) is 2. The van der Waals surface area contributed by atoms with Crippen molar-refractivity contribution in [2.75, 3.05) is 26.4 Å². The van der Waals surface area contributed by atoms with Gasteiger partial charge in [-0.25, -0.2) is 4.57 Å². The minimum absolute atomic E-state index is 0.190. The van der Waals surface area contributed by atoms with Crippen LogP contribution in [0.15, 0.2) is 0 Å². The van der Waals surface area contributed by atoms with Gasteiger partial charge in [0, 0.05) is 12.8 Å². The Hall–Kier alpha value is -1.03. The van der Waals surface area contributed by atoms with E-state index in [2.05, 4.69) is 13.8 Å². The van der Waals surface area contributed by atoms with Gasteiger partial charge in [-0.15, -0.1) is 0 Å². The number of carbonyl (C=O) groups is 2. The van der Waals surface area contributed by atoms with E-state index in [1.54, 1.807) is 0 Å². The molecule has 0 bridgehead atoms. The van der Waals surface area contributed by atoms with Gasteiger partial charge in [-0.3, -0.25) is 18.6 Å². The Bertz CT molecular complexity index is 587. The molecule has 0 spiro atoms. The first-order chi connectivity index (χ1) is 16.8. The molecule has 0 aliphatic rings. The van der Waals surface area contributed by atoms with Crippen molar-refractivity contribution in [1.82, 2.24) is 0 Å². The summed E-state index contributed by atoms with van der Waals surface area (Å²) < 4.78 is 31.8. The second-order valence-electron chi connectivity index (χ2n) is 8.68. The lowest BCUT2D eigenvalue weighted by Gasteiger charge is -2.20. The Labute approximate surface area is 210 Å². The molecule has 0 aliphatic heterocycles. The highest BCUT2D eigenvalue weighted by Crippen LogP contribution is 2.43. The average molecular weight is 527 g/mol. The summed E-state index contributed by atoms with van der Waals surface area (Å²) in [5.41, 5.74) is 0. The van der Waals surface area contributed by atoms with Gasteiger partial charge in [0.25, 0.3) is 0 Å². The Morgan fingerprint density at radius 3 is 1.34 bits per heavy atom. The van der Waals surface area contributed by atoms with Gasteiger partial charge in [-0.05, 0) is 12.8 Å². The standard InChI is InChI=1S/C24H47O10P/c1-3-5-7-9-10-12-14-16-24(28)34-22(18-26)20-32-35(29,30)31-19-21(17-25)33-23(27)15-13-11-8-6-4-2/h21-22,25-26H,3-20H2,1-2H3,(H,29,30). The molecule has 0 saturated heterocycles. The zero-order valence-corrected chi connectivity index (χ0v) is 22.4. The van der Waals surface area contributed by atoms with E-state index in [0.717, 1.165) is 44.9 Å². The summed E-state index contributed by atoms with van der Waals surface area (Å²) in [5.74, 6) is -1.04. The topological polar surface area (TPSA) is 149 Å². The van der Waals surface area contributed by atoms with Crippen molar-refractivity contribution in [2.45, 2.75) is 116 Å². The zero-order chi connectivity index (χ0) is 26.4. The molecule has 3 atom stereocenters. The van der Waals surface area contributed by atoms with E-state index in [0.29, 0.717) is 12.8 Å². The first-order valence-corrected chi connectivity index (χ1v) is 14.5. The van der Waals surface area contributed by atoms with Crippen molar-refractivity contribution in [3.05, 3.63) is 0 Å². The predicted molar refractivity (Wildman–Crippen MR) is 132 cm³/mol. The molecule has 0 aliphatic carbocycles. The van der Waals surface area contributed by atoms with Gasteiger partial charge in [0.2, 0.25) is 0 Å². The van der Waals surface area contributed by atoms with E-state index in [-0.39, 0.29) is 12.8 Å². The van der Waals surface area contributed by atoms with Crippen LogP contribution in [0.2, 0.25) is 0 Å². The second kappa shape index (κ2) is 22.2. The maximum atomic E-state index is 12.1. The number of esters is 2. The number of rotatable bonds is 24. The minimum atomic E-state index is -4.59. The van der Waals surface area contributed by atoms with Gasteiger partial charge in [0.1, 0.15) is 12.2 Å². The van der Waals surface area contributed by atoms with Gasteiger partial charge in [0.05, 0.1) is 26.4 Å². The smallest absolute Gasteiger partial charge is 0.457 e. The van der Waals surface area contributed by atoms with Crippen LogP contribution in [0.25, 0.3) is 0 Å². The molecule has 0 aromatic rings. The molecule has 0 rings (SSSR count). The van der Waals surface area contributed by atoms with Crippen molar-refractivity contribution in [3.8, 4) is 0 Å². The van der Waals surface area contributed by atoms with Crippen molar-refractivity contribution in [3.63, 3.8) is 0 Å². The fraction of sp³-hybridized carbons (Fsp3) is 0.917. The van der Waals surface area contributed by atoms with Crippen LogP contribution in [0.1, 0.15) is 104 Å². The van der Waals surface area contributed by atoms with Crippen LogP contribution in [-0.2, 0) is 32.7 Å². The van der Waals surface area contributed by atoms with Gasteiger partial charge in [0.15, 0.2) is 0 Å². The zero-order valence-electron chi connectivity index (χ0n) is 21.5. The van der Waals surface area contributed by atoms with E-state index in [9.17, 15) is 29.3 Å². The highest BCUT2D eigenvalue weighted by Gasteiger charge is 2.27. The minimum Gasteiger partial charge on any atom is -0.457 e. The normalized spacial score (nSPS) is 14.8. The average Bonchev–Trinajstić information content (AvgIpc) is 2.83. The molecule has 3 unspecified atom stereocenters. The molecule has 3 N–H and O–H groups in total. The summed E-state index contributed by atoms with van der Waals surface area (Å²) in [6.07, 6.45) is 10.3. The monoisotopic (exact) mass is 526 g/mol. The van der Waals surface area contributed by atoms with E-state index in [1.807, 2.05) is 0 Å². The van der Waals surface area contributed by atoms with Crippen LogP contribution in [0, 0.1) is 0 Å². The van der Waals surface area contributed by atoms with E-state index in [4.69, 9.17) is 18.5 Å². The van der Waals surface area contributed by atoms with Crippen molar-refractivity contribution in [2.24, 2.45) is 0 Å². The van der Waals surface area contributed by atoms with E-state index >= 15 is 0 Å². The molecule has 0 aromatic heterocycles. The number of phosphoric acid groups is 1. The number of carbonyl (C=O) groups excluding carboxylic acids is 2. The first kappa shape index (κ1) is 34.0. The van der Waals surface area contributed by atoms with Gasteiger partial charge in [-0.1, -0.05) is 78.1 Å². The summed E-state index contributed by atoms with van der Waals surface area (Å²) >= 11 is 0. The molecular weight excluding hydrogens is 479 g/mol. The van der Waals surface area contributed by atoms with Crippen LogP contribution in [-0.4, -0.2) is 65.7 Å². The highest BCUT2D eigenvalue weighted by atomic mass is 31.2. The Balaban J connectivity index is 4.19. The van der Waals surface area contributed by atoms with Crippen molar-refractivity contribution >= 4 is 19.8 Å². The Kier molecular flexibility index (Phi) is 21.5. The molecule has 0 saturated carbocycles. The number of unbranched alkanes of at least 4 members (excludes halogenated alkanes) is 10. The van der Waals surface area contributed by atoms with E-state index in [1.165, 1.54) is 19.3 Å². The van der Waals surface area contributed by atoms with Crippen LogP contribution in [0.5, 0.6) is 0 Å². The molecule has 0 amide bonds. The van der Waals surface area contributed by atoms with Crippen LogP contribution in [0.4, 0.5) is 0 Å². The molecule has 208 valence electrons. The molecule has 35 heavy (non-hydrogen) atoms. The second-order valence-corrected chi connectivity index (χ2v) is 10.1. The molecule has 11 heteroatoms. The van der Waals surface area contributed by atoms with Gasteiger partial charge >= 0.3 is 19.8 Å². The Morgan fingerprint density at radius 2 is 1.00 bits per heavy atom. The largest absolute Gasteiger partial charge is 0.472 e. The fourth-order valence-electron chi connectivity index (χ4n) is 3.23. The molecule has 0 radical (unpaired) electrons. The summed E-state index contributed by atoms with van der Waals surface area (Å²) in [7, 11) is -4.59. The third-order valence-corrected chi connectivity index (χ3v) is 6.27. The lowest BCUT2D eigenvalue weighted by Crippen LogP contribution is -2.28. The molecule has 0 aromatic carbocycles. The SMILES string of the molecule is CCCCCCCCCC(=O)OC(CO)COP(=O)(O)OCC(CO)OC(=O)CCCCCCC. The fourth-order valence-corrected chi connectivity index (χ4v) is 4.01. The lowest BCUT2D eigenvalue weighted by atomic mass is 10.1.